The second-order valence-corrected chi connectivity index (χ2v) is 7.67. The minimum Gasteiger partial charge on any atom is -0.339 e. The van der Waals surface area contributed by atoms with Crippen LogP contribution in [0.15, 0.2) is 0 Å². The van der Waals surface area contributed by atoms with Crippen LogP contribution < -0.4 is 0 Å². The maximum atomic E-state index is 12.9. The van der Waals surface area contributed by atoms with Crippen molar-refractivity contribution in [2.24, 2.45) is 7.05 Å². The van der Waals surface area contributed by atoms with Gasteiger partial charge in [-0.05, 0) is 40.0 Å². The standard InChI is InChI=1S/C19H31N5O2/c1-14-7-5-6-8-24(14)17(25)13-22-9-11-23(12-10-22)19(26)18-15(2)20-21(4)16(18)3/h14H,5-13H2,1-4H3. The van der Waals surface area contributed by atoms with Crippen LogP contribution >= 0.6 is 0 Å². The van der Waals surface area contributed by atoms with E-state index < -0.39 is 0 Å². The molecule has 0 N–H and O–H groups in total. The summed E-state index contributed by atoms with van der Waals surface area (Å²) in [7, 11) is 1.87. The van der Waals surface area contributed by atoms with Gasteiger partial charge in [-0.1, -0.05) is 0 Å². The van der Waals surface area contributed by atoms with E-state index in [1.165, 1.54) is 6.42 Å². The van der Waals surface area contributed by atoms with E-state index in [-0.39, 0.29) is 11.8 Å². The minimum absolute atomic E-state index is 0.0590. The van der Waals surface area contributed by atoms with Crippen molar-refractivity contribution < 1.29 is 9.59 Å². The number of piperazine rings is 1. The number of carbonyl (C=O) groups is 2. The van der Waals surface area contributed by atoms with Crippen LogP contribution in [-0.2, 0) is 11.8 Å². The highest BCUT2D eigenvalue weighted by Crippen LogP contribution is 2.18. The summed E-state index contributed by atoms with van der Waals surface area (Å²) >= 11 is 0. The Labute approximate surface area is 155 Å². The van der Waals surface area contributed by atoms with Crippen molar-refractivity contribution in [1.29, 1.82) is 0 Å². The number of piperidine rings is 1. The summed E-state index contributed by atoms with van der Waals surface area (Å²) < 4.78 is 1.76. The molecule has 26 heavy (non-hydrogen) atoms. The van der Waals surface area contributed by atoms with Crippen LogP contribution in [0.4, 0.5) is 0 Å². The molecule has 3 heterocycles. The van der Waals surface area contributed by atoms with Gasteiger partial charge in [0.2, 0.25) is 5.91 Å². The van der Waals surface area contributed by atoms with Crippen LogP contribution in [0.25, 0.3) is 0 Å². The molecule has 3 rings (SSSR count). The second-order valence-electron chi connectivity index (χ2n) is 7.67. The lowest BCUT2D eigenvalue weighted by Crippen LogP contribution is -2.53. The van der Waals surface area contributed by atoms with E-state index in [9.17, 15) is 9.59 Å². The normalized spacial score (nSPS) is 21.9. The van der Waals surface area contributed by atoms with Crippen molar-refractivity contribution in [3.05, 3.63) is 17.0 Å². The Morgan fingerprint density at radius 2 is 1.77 bits per heavy atom. The quantitative estimate of drug-likeness (QED) is 0.812. The third-order valence-electron chi connectivity index (χ3n) is 5.86. The zero-order valence-corrected chi connectivity index (χ0v) is 16.5. The summed E-state index contributed by atoms with van der Waals surface area (Å²) in [4.78, 5) is 31.5. The van der Waals surface area contributed by atoms with Gasteiger partial charge in [-0.25, -0.2) is 0 Å². The number of amides is 2. The molecular weight excluding hydrogens is 330 g/mol. The van der Waals surface area contributed by atoms with Gasteiger partial charge in [-0.3, -0.25) is 19.2 Å². The highest BCUT2D eigenvalue weighted by Gasteiger charge is 2.29. The average Bonchev–Trinajstić information content (AvgIpc) is 2.87. The van der Waals surface area contributed by atoms with Crippen LogP contribution in [0.1, 0.15) is 47.9 Å². The molecule has 7 heteroatoms. The highest BCUT2D eigenvalue weighted by molar-refractivity contribution is 5.96. The summed E-state index contributed by atoms with van der Waals surface area (Å²) in [5.41, 5.74) is 2.41. The van der Waals surface area contributed by atoms with Gasteiger partial charge in [0.15, 0.2) is 0 Å². The van der Waals surface area contributed by atoms with Crippen molar-refractivity contribution in [3.8, 4) is 0 Å². The van der Waals surface area contributed by atoms with Crippen LogP contribution in [0.5, 0.6) is 0 Å². The summed E-state index contributed by atoms with van der Waals surface area (Å²) in [5, 5.41) is 4.35. The maximum Gasteiger partial charge on any atom is 0.257 e. The molecule has 2 fully saturated rings. The van der Waals surface area contributed by atoms with Gasteiger partial charge in [0.1, 0.15) is 0 Å². The lowest BCUT2D eigenvalue weighted by atomic mass is 10.0. The van der Waals surface area contributed by atoms with Gasteiger partial charge in [-0.2, -0.15) is 5.10 Å². The lowest BCUT2D eigenvalue weighted by Gasteiger charge is -2.38. The first-order valence-electron chi connectivity index (χ1n) is 9.69. The largest absolute Gasteiger partial charge is 0.339 e. The summed E-state index contributed by atoms with van der Waals surface area (Å²) in [6.07, 6.45) is 3.44. The van der Waals surface area contributed by atoms with Crippen molar-refractivity contribution in [3.63, 3.8) is 0 Å². The smallest absolute Gasteiger partial charge is 0.257 e. The molecule has 1 aromatic heterocycles. The lowest BCUT2D eigenvalue weighted by molar-refractivity contribution is -0.136. The number of hydrogen-bond donors (Lipinski definition) is 0. The molecule has 2 amide bonds. The number of likely N-dealkylation sites (tertiary alicyclic amines) is 1. The van der Waals surface area contributed by atoms with Crippen LogP contribution in [0.3, 0.4) is 0 Å². The molecule has 0 aromatic carbocycles. The summed E-state index contributed by atoms with van der Waals surface area (Å²) in [6.45, 7) is 10.1. The first-order valence-corrected chi connectivity index (χ1v) is 9.69. The van der Waals surface area contributed by atoms with Crippen molar-refractivity contribution in [1.82, 2.24) is 24.5 Å². The third kappa shape index (κ3) is 3.77. The van der Waals surface area contributed by atoms with E-state index in [0.29, 0.717) is 25.7 Å². The number of carbonyl (C=O) groups excluding carboxylic acids is 2. The Bertz CT molecular complexity index is 676. The Morgan fingerprint density at radius 1 is 1.08 bits per heavy atom. The Balaban J connectivity index is 1.54. The molecule has 0 spiro atoms. The van der Waals surface area contributed by atoms with E-state index in [1.54, 1.807) is 4.68 Å². The van der Waals surface area contributed by atoms with E-state index in [0.717, 1.165) is 49.4 Å². The van der Waals surface area contributed by atoms with E-state index >= 15 is 0 Å². The molecule has 2 aliphatic rings. The molecule has 0 radical (unpaired) electrons. The second kappa shape index (κ2) is 7.78. The van der Waals surface area contributed by atoms with Gasteiger partial charge < -0.3 is 9.80 Å². The van der Waals surface area contributed by atoms with Gasteiger partial charge in [0, 0.05) is 51.5 Å². The zero-order chi connectivity index (χ0) is 18.8. The zero-order valence-electron chi connectivity index (χ0n) is 16.5. The first kappa shape index (κ1) is 18.9. The first-order chi connectivity index (χ1) is 12.4. The Kier molecular flexibility index (Phi) is 5.65. The van der Waals surface area contributed by atoms with Gasteiger partial charge >= 0.3 is 0 Å². The van der Waals surface area contributed by atoms with Crippen molar-refractivity contribution in [2.75, 3.05) is 39.3 Å². The maximum absolute atomic E-state index is 12.9. The average molecular weight is 361 g/mol. The molecule has 2 saturated heterocycles. The fraction of sp³-hybridized carbons (Fsp3) is 0.737. The molecule has 1 atom stereocenters. The summed E-state index contributed by atoms with van der Waals surface area (Å²) in [5.74, 6) is 0.291. The van der Waals surface area contributed by atoms with E-state index in [2.05, 4.69) is 16.9 Å². The van der Waals surface area contributed by atoms with Gasteiger partial charge in [0.25, 0.3) is 5.91 Å². The number of aromatic nitrogens is 2. The van der Waals surface area contributed by atoms with Crippen LogP contribution in [0.2, 0.25) is 0 Å². The minimum atomic E-state index is 0.0590. The topological polar surface area (TPSA) is 61.7 Å². The fourth-order valence-corrected chi connectivity index (χ4v) is 4.10. The van der Waals surface area contributed by atoms with Crippen molar-refractivity contribution >= 4 is 11.8 Å². The third-order valence-corrected chi connectivity index (χ3v) is 5.86. The van der Waals surface area contributed by atoms with Gasteiger partial charge in [0.05, 0.1) is 17.8 Å². The molecule has 0 saturated carbocycles. The molecule has 0 bridgehead atoms. The Morgan fingerprint density at radius 3 is 2.35 bits per heavy atom. The van der Waals surface area contributed by atoms with Crippen LogP contribution in [-0.4, -0.2) is 81.6 Å². The molecular formula is C19H31N5O2. The molecule has 1 aromatic rings. The summed E-state index contributed by atoms with van der Waals surface area (Å²) in [6, 6.07) is 0.357. The predicted molar refractivity (Wildman–Crippen MR) is 100 cm³/mol. The molecule has 144 valence electrons. The number of rotatable bonds is 3. The van der Waals surface area contributed by atoms with E-state index in [1.807, 2.05) is 30.7 Å². The fourth-order valence-electron chi connectivity index (χ4n) is 4.10. The number of nitrogens with zero attached hydrogens (tertiary/aromatic N) is 5. The molecule has 2 aliphatic heterocycles. The van der Waals surface area contributed by atoms with Crippen molar-refractivity contribution in [2.45, 2.75) is 46.1 Å². The molecule has 0 aliphatic carbocycles. The van der Waals surface area contributed by atoms with E-state index in [4.69, 9.17) is 0 Å². The highest BCUT2D eigenvalue weighted by atomic mass is 16.2. The number of aryl methyl sites for hydroxylation is 2. The molecule has 1 unspecified atom stereocenters. The number of hydrogen-bond acceptors (Lipinski definition) is 4. The SMILES string of the molecule is Cc1nn(C)c(C)c1C(=O)N1CCN(CC(=O)N2CCCCC2C)CC1. The predicted octanol–water partition coefficient (Wildman–Crippen LogP) is 1.20. The monoisotopic (exact) mass is 361 g/mol. The molecule has 7 nitrogen and oxygen atoms in total. The Hall–Kier alpha value is -1.89. The van der Waals surface area contributed by atoms with Gasteiger partial charge in [-0.15, -0.1) is 0 Å². The van der Waals surface area contributed by atoms with Crippen LogP contribution in [0, 0.1) is 13.8 Å².